The number of likely N-dealkylation sites (tertiary alicyclic amines) is 1. The number of nitrogens with two attached hydrogens (primary N) is 1. The maximum atomic E-state index is 6.03. The van der Waals surface area contributed by atoms with Gasteiger partial charge in [-0.05, 0) is 32.7 Å². The van der Waals surface area contributed by atoms with Crippen molar-refractivity contribution in [3.63, 3.8) is 0 Å². The first kappa shape index (κ1) is 12.6. The van der Waals surface area contributed by atoms with E-state index in [9.17, 15) is 0 Å². The molecule has 4 nitrogen and oxygen atoms in total. The van der Waals surface area contributed by atoms with Crippen molar-refractivity contribution in [3.05, 3.63) is 18.0 Å². The summed E-state index contributed by atoms with van der Waals surface area (Å²) in [6.45, 7) is 9.77. The number of hydrogen-bond donors (Lipinski definition) is 1. The highest BCUT2D eigenvalue weighted by Gasteiger charge is 2.23. The van der Waals surface area contributed by atoms with Gasteiger partial charge in [0.05, 0.1) is 6.20 Å². The summed E-state index contributed by atoms with van der Waals surface area (Å²) in [4.78, 5) is 2.48. The van der Waals surface area contributed by atoms with Crippen molar-refractivity contribution in [2.75, 3.05) is 13.1 Å². The lowest BCUT2D eigenvalue weighted by Crippen LogP contribution is -2.45. The largest absolute Gasteiger partial charge is 0.327 e. The van der Waals surface area contributed by atoms with E-state index < -0.39 is 0 Å². The van der Waals surface area contributed by atoms with Crippen molar-refractivity contribution in [3.8, 4) is 0 Å². The molecular weight excluding hydrogens is 212 g/mol. The zero-order chi connectivity index (χ0) is 12.4. The molecule has 0 aromatic carbocycles. The van der Waals surface area contributed by atoms with E-state index in [0.717, 1.165) is 26.1 Å². The molecule has 96 valence electrons. The molecule has 1 saturated heterocycles. The molecular formula is C13H24N4. The first-order valence-electron chi connectivity index (χ1n) is 6.57. The second kappa shape index (κ2) is 5.19. The van der Waals surface area contributed by atoms with Gasteiger partial charge in [0.2, 0.25) is 0 Å². The van der Waals surface area contributed by atoms with E-state index in [2.05, 4.69) is 37.0 Å². The van der Waals surface area contributed by atoms with Crippen molar-refractivity contribution in [1.29, 1.82) is 0 Å². The number of aromatic nitrogens is 2. The van der Waals surface area contributed by atoms with Gasteiger partial charge < -0.3 is 5.73 Å². The van der Waals surface area contributed by atoms with Gasteiger partial charge in [0, 0.05) is 36.9 Å². The molecule has 2 rings (SSSR count). The fourth-order valence-electron chi connectivity index (χ4n) is 2.39. The highest BCUT2D eigenvalue weighted by atomic mass is 15.3. The third kappa shape index (κ3) is 3.07. The molecule has 2 unspecified atom stereocenters. The smallest absolute Gasteiger partial charge is 0.0534 e. The first-order chi connectivity index (χ1) is 8.06. The maximum absolute atomic E-state index is 6.03. The number of hydrogen-bond acceptors (Lipinski definition) is 3. The van der Waals surface area contributed by atoms with Crippen LogP contribution in [0.25, 0.3) is 0 Å². The molecule has 2 heterocycles. The van der Waals surface area contributed by atoms with Crippen molar-refractivity contribution in [2.24, 2.45) is 11.7 Å². The molecule has 0 radical (unpaired) electrons. The fraction of sp³-hybridized carbons (Fsp3) is 0.769. The van der Waals surface area contributed by atoms with Crippen molar-refractivity contribution in [1.82, 2.24) is 14.7 Å². The van der Waals surface area contributed by atoms with E-state index in [4.69, 9.17) is 5.73 Å². The third-order valence-electron chi connectivity index (χ3n) is 3.65. The summed E-state index contributed by atoms with van der Waals surface area (Å²) < 4.78 is 2.02. The van der Waals surface area contributed by atoms with Crippen LogP contribution in [0.5, 0.6) is 0 Å². The molecule has 0 aliphatic carbocycles. The van der Waals surface area contributed by atoms with E-state index >= 15 is 0 Å². The van der Waals surface area contributed by atoms with Gasteiger partial charge in [-0.15, -0.1) is 0 Å². The molecule has 0 bridgehead atoms. The van der Waals surface area contributed by atoms with Crippen molar-refractivity contribution >= 4 is 0 Å². The second-order valence-electron chi connectivity index (χ2n) is 5.59. The van der Waals surface area contributed by atoms with Crippen LogP contribution in [0.4, 0.5) is 0 Å². The SMILES string of the molecule is CC1CN(Cc2cnn(C(C)C)c2)CCC1N. The van der Waals surface area contributed by atoms with Gasteiger partial charge in [0.1, 0.15) is 0 Å². The lowest BCUT2D eigenvalue weighted by molar-refractivity contribution is 0.158. The van der Waals surface area contributed by atoms with E-state index in [-0.39, 0.29) is 0 Å². The Bertz CT molecular complexity index is 358. The highest BCUT2D eigenvalue weighted by Crippen LogP contribution is 2.17. The molecule has 1 aromatic heterocycles. The Morgan fingerprint density at radius 1 is 1.53 bits per heavy atom. The van der Waals surface area contributed by atoms with Crippen LogP contribution < -0.4 is 5.73 Å². The van der Waals surface area contributed by atoms with Crippen LogP contribution in [0.1, 0.15) is 38.8 Å². The monoisotopic (exact) mass is 236 g/mol. The Labute approximate surface area is 104 Å². The molecule has 4 heteroatoms. The molecule has 0 spiro atoms. The summed E-state index contributed by atoms with van der Waals surface area (Å²) in [5, 5.41) is 4.38. The minimum Gasteiger partial charge on any atom is -0.327 e. The average molecular weight is 236 g/mol. The van der Waals surface area contributed by atoms with E-state index in [0.29, 0.717) is 18.0 Å². The van der Waals surface area contributed by atoms with Gasteiger partial charge in [-0.3, -0.25) is 9.58 Å². The molecule has 17 heavy (non-hydrogen) atoms. The van der Waals surface area contributed by atoms with Crippen LogP contribution >= 0.6 is 0 Å². The Kier molecular flexibility index (Phi) is 3.84. The van der Waals surface area contributed by atoms with Gasteiger partial charge in [-0.1, -0.05) is 6.92 Å². The van der Waals surface area contributed by atoms with Gasteiger partial charge in [0.25, 0.3) is 0 Å². The predicted octanol–water partition coefficient (Wildman–Crippen LogP) is 1.63. The Hall–Kier alpha value is -0.870. The molecule has 1 fully saturated rings. The van der Waals surface area contributed by atoms with Crippen LogP contribution in [-0.4, -0.2) is 33.8 Å². The lowest BCUT2D eigenvalue weighted by Gasteiger charge is -2.34. The first-order valence-corrected chi connectivity index (χ1v) is 6.57. The van der Waals surface area contributed by atoms with Crippen LogP contribution in [0, 0.1) is 5.92 Å². The van der Waals surface area contributed by atoms with Crippen LogP contribution in [0.2, 0.25) is 0 Å². The zero-order valence-corrected chi connectivity index (χ0v) is 11.1. The summed E-state index contributed by atoms with van der Waals surface area (Å²) in [6.07, 6.45) is 5.25. The molecule has 0 amide bonds. The van der Waals surface area contributed by atoms with Gasteiger partial charge in [0.15, 0.2) is 0 Å². The third-order valence-corrected chi connectivity index (χ3v) is 3.65. The summed E-state index contributed by atoms with van der Waals surface area (Å²) in [5.41, 5.74) is 7.34. The van der Waals surface area contributed by atoms with Crippen molar-refractivity contribution < 1.29 is 0 Å². The Balaban J connectivity index is 1.92. The molecule has 0 saturated carbocycles. The average Bonchev–Trinajstić information content (AvgIpc) is 2.72. The topological polar surface area (TPSA) is 47.1 Å². The second-order valence-corrected chi connectivity index (χ2v) is 5.59. The summed E-state index contributed by atoms with van der Waals surface area (Å²) >= 11 is 0. The standard InChI is InChI=1S/C13H24N4/c1-10(2)17-9-12(6-15-17)8-16-5-4-13(14)11(3)7-16/h6,9-11,13H,4-5,7-8,14H2,1-3H3. The number of piperidine rings is 1. The van der Waals surface area contributed by atoms with E-state index in [1.54, 1.807) is 0 Å². The number of rotatable bonds is 3. The summed E-state index contributed by atoms with van der Waals surface area (Å²) in [5.74, 6) is 0.601. The minimum atomic E-state index is 0.379. The highest BCUT2D eigenvalue weighted by molar-refractivity contribution is 5.04. The molecule has 1 aliphatic heterocycles. The lowest BCUT2D eigenvalue weighted by atomic mass is 9.95. The van der Waals surface area contributed by atoms with Crippen LogP contribution in [0.3, 0.4) is 0 Å². The minimum absolute atomic E-state index is 0.379. The molecule has 2 N–H and O–H groups in total. The summed E-state index contributed by atoms with van der Waals surface area (Å²) in [6, 6.07) is 0.821. The maximum Gasteiger partial charge on any atom is 0.0534 e. The number of nitrogens with zero attached hydrogens (tertiary/aromatic N) is 3. The van der Waals surface area contributed by atoms with Crippen molar-refractivity contribution in [2.45, 2.75) is 45.8 Å². The van der Waals surface area contributed by atoms with Gasteiger partial charge in [-0.25, -0.2) is 0 Å². The van der Waals surface area contributed by atoms with E-state index in [1.165, 1.54) is 5.56 Å². The van der Waals surface area contributed by atoms with Crippen LogP contribution in [0.15, 0.2) is 12.4 Å². The summed E-state index contributed by atoms with van der Waals surface area (Å²) in [7, 11) is 0. The fourth-order valence-corrected chi connectivity index (χ4v) is 2.39. The molecule has 1 aliphatic rings. The zero-order valence-electron chi connectivity index (χ0n) is 11.1. The normalized spacial score (nSPS) is 26.6. The predicted molar refractivity (Wildman–Crippen MR) is 69.6 cm³/mol. The molecule has 2 atom stereocenters. The molecule has 1 aromatic rings. The Morgan fingerprint density at radius 3 is 2.88 bits per heavy atom. The Morgan fingerprint density at radius 2 is 2.29 bits per heavy atom. The van der Waals surface area contributed by atoms with Gasteiger partial charge in [-0.2, -0.15) is 5.10 Å². The van der Waals surface area contributed by atoms with Gasteiger partial charge >= 0.3 is 0 Å². The quantitative estimate of drug-likeness (QED) is 0.867. The van der Waals surface area contributed by atoms with E-state index in [1.807, 2.05) is 10.9 Å². The van der Waals surface area contributed by atoms with Crippen LogP contribution in [-0.2, 0) is 6.54 Å².